The number of hydrogen-bond donors (Lipinski definition) is 2. The van der Waals surface area contributed by atoms with E-state index in [9.17, 15) is 14.4 Å². The molecule has 0 aliphatic rings. The van der Waals surface area contributed by atoms with Crippen LogP contribution in [0.2, 0.25) is 5.02 Å². The number of nitrogens with one attached hydrogen (secondary N) is 2. The largest absolute Gasteiger partial charge is 0.493 e. The molecule has 0 aliphatic heterocycles. The molecule has 0 atom stereocenters. The zero-order chi connectivity index (χ0) is 30.9. The summed E-state index contributed by atoms with van der Waals surface area (Å²) in [5.74, 6) is -0.348. The minimum Gasteiger partial charge on any atom is -0.493 e. The number of hydrogen-bond acceptors (Lipinski definition) is 8. The van der Waals surface area contributed by atoms with Crippen LogP contribution in [0, 0.1) is 0 Å². The van der Waals surface area contributed by atoms with Crippen LogP contribution >= 0.6 is 27.5 Å². The predicted octanol–water partition coefficient (Wildman–Crippen LogP) is 6.36. The summed E-state index contributed by atoms with van der Waals surface area (Å²) in [6.07, 6.45) is 1.35. The van der Waals surface area contributed by atoms with E-state index in [1.54, 1.807) is 66.7 Å². The molecule has 0 spiro atoms. The molecule has 4 rings (SSSR count). The zero-order valence-corrected chi connectivity index (χ0v) is 25.5. The number of amides is 2. The Bertz CT molecular complexity index is 1650. The number of methoxy groups -OCH3 is 3. The van der Waals surface area contributed by atoms with Crippen LogP contribution in [-0.4, -0.2) is 45.3 Å². The molecule has 0 aromatic heterocycles. The number of rotatable bonds is 10. The summed E-state index contributed by atoms with van der Waals surface area (Å²) < 4.78 is 22.3. The average Bonchev–Trinajstić information content (AvgIpc) is 3.01. The number of hydrazone groups is 1. The number of anilines is 1. The summed E-state index contributed by atoms with van der Waals surface area (Å²) in [4.78, 5) is 38.1. The van der Waals surface area contributed by atoms with Gasteiger partial charge in [-0.15, -0.1) is 0 Å². The van der Waals surface area contributed by atoms with Gasteiger partial charge in [0.1, 0.15) is 5.75 Å². The van der Waals surface area contributed by atoms with Crippen LogP contribution < -0.4 is 29.7 Å². The van der Waals surface area contributed by atoms with Crippen molar-refractivity contribution in [1.82, 2.24) is 5.43 Å². The van der Waals surface area contributed by atoms with E-state index in [4.69, 9.17) is 30.5 Å². The van der Waals surface area contributed by atoms with Crippen molar-refractivity contribution in [1.29, 1.82) is 0 Å². The Morgan fingerprint density at radius 2 is 1.35 bits per heavy atom. The van der Waals surface area contributed by atoms with Crippen molar-refractivity contribution < 1.29 is 33.3 Å². The van der Waals surface area contributed by atoms with Crippen LogP contribution in [0.25, 0.3) is 0 Å². The van der Waals surface area contributed by atoms with Gasteiger partial charge < -0.3 is 24.3 Å². The Kier molecular flexibility index (Phi) is 10.4. The zero-order valence-electron chi connectivity index (χ0n) is 23.1. The second kappa shape index (κ2) is 14.3. The van der Waals surface area contributed by atoms with Gasteiger partial charge in [0.15, 0.2) is 11.5 Å². The summed E-state index contributed by atoms with van der Waals surface area (Å²) in [6.45, 7) is 0. The lowest BCUT2D eigenvalue weighted by atomic mass is 10.1. The second-order valence-electron chi connectivity index (χ2n) is 8.72. The van der Waals surface area contributed by atoms with Crippen LogP contribution in [0.15, 0.2) is 88.4 Å². The van der Waals surface area contributed by atoms with Crippen molar-refractivity contribution in [2.75, 3.05) is 26.6 Å². The summed E-state index contributed by atoms with van der Waals surface area (Å²) >= 11 is 9.26. The Morgan fingerprint density at radius 3 is 1.95 bits per heavy atom. The third-order valence-corrected chi connectivity index (χ3v) is 6.70. The second-order valence-corrected chi connectivity index (χ2v) is 10.1. The summed E-state index contributed by atoms with van der Waals surface area (Å²) in [7, 11) is 4.35. The Hall–Kier alpha value is -4.87. The van der Waals surface area contributed by atoms with Gasteiger partial charge in [0.2, 0.25) is 5.75 Å². The molecular weight excluding hydrogens is 642 g/mol. The Morgan fingerprint density at radius 1 is 0.744 bits per heavy atom. The molecule has 0 bridgehead atoms. The minimum atomic E-state index is -0.677. The van der Waals surface area contributed by atoms with Crippen molar-refractivity contribution in [2.24, 2.45) is 5.10 Å². The highest BCUT2D eigenvalue weighted by atomic mass is 79.9. The molecule has 4 aromatic carbocycles. The number of ether oxygens (including phenoxy) is 4. The lowest BCUT2D eigenvalue weighted by molar-refractivity contribution is 0.0733. The highest BCUT2D eigenvalue weighted by molar-refractivity contribution is 9.10. The van der Waals surface area contributed by atoms with Crippen molar-refractivity contribution in [3.05, 3.63) is 111 Å². The smallest absolute Gasteiger partial charge is 0.343 e. The summed E-state index contributed by atoms with van der Waals surface area (Å²) in [6, 6.07) is 20.7. The van der Waals surface area contributed by atoms with Crippen molar-refractivity contribution >= 4 is 57.2 Å². The third kappa shape index (κ3) is 7.91. The lowest BCUT2D eigenvalue weighted by Gasteiger charge is -2.14. The fourth-order valence-corrected chi connectivity index (χ4v) is 4.31. The maximum absolute atomic E-state index is 13.0. The van der Waals surface area contributed by atoms with Gasteiger partial charge in [-0.25, -0.2) is 10.2 Å². The average molecular weight is 667 g/mol. The first-order valence-electron chi connectivity index (χ1n) is 12.5. The van der Waals surface area contributed by atoms with Gasteiger partial charge in [-0.1, -0.05) is 27.5 Å². The first-order chi connectivity index (χ1) is 20.7. The number of nitrogens with zero attached hydrogens (tertiary/aromatic N) is 1. The molecule has 220 valence electrons. The van der Waals surface area contributed by atoms with E-state index in [1.165, 1.54) is 39.7 Å². The van der Waals surface area contributed by atoms with Crippen LogP contribution in [0.5, 0.6) is 23.0 Å². The SMILES string of the molecule is COc1cc(C(=O)Oc2ccc(Br)cc2/C=N\NC(=O)c2ccc(NC(=O)c3ccc(Cl)cc3)cc2)cc(OC)c1OC. The molecule has 0 fully saturated rings. The van der Waals surface area contributed by atoms with Gasteiger partial charge >= 0.3 is 5.97 Å². The van der Waals surface area contributed by atoms with E-state index in [0.717, 1.165) is 0 Å². The van der Waals surface area contributed by atoms with Gasteiger partial charge in [-0.2, -0.15) is 5.10 Å². The molecule has 12 heteroatoms. The van der Waals surface area contributed by atoms with Crippen LogP contribution in [0.4, 0.5) is 5.69 Å². The van der Waals surface area contributed by atoms with E-state index in [-0.39, 0.29) is 17.2 Å². The van der Waals surface area contributed by atoms with Gasteiger partial charge in [0, 0.05) is 31.9 Å². The van der Waals surface area contributed by atoms with Gasteiger partial charge in [-0.3, -0.25) is 9.59 Å². The van der Waals surface area contributed by atoms with Crippen molar-refractivity contribution in [3.8, 4) is 23.0 Å². The first kappa shape index (κ1) is 31.1. The molecule has 0 heterocycles. The molecular formula is C31H25BrClN3O7. The monoisotopic (exact) mass is 665 g/mol. The molecule has 0 radical (unpaired) electrons. The summed E-state index contributed by atoms with van der Waals surface area (Å²) in [5.41, 5.74) is 4.29. The predicted molar refractivity (Wildman–Crippen MR) is 166 cm³/mol. The molecule has 0 unspecified atom stereocenters. The first-order valence-corrected chi connectivity index (χ1v) is 13.7. The van der Waals surface area contributed by atoms with E-state index in [1.807, 2.05) is 0 Å². The fraction of sp³-hybridized carbons (Fsp3) is 0.0968. The molecule has 0 saturated carbocycles. The molecule has 0 aliphatic carbocycles. The van der Waals surface area contributed by atoms with Crippen LogP contribution in [0.1, 0.15) is 36.6 Å². The highest BCUT2D eigenvalue weighted by Gasteiger charge is 2.19. The van der Waals surface area contributed by atoms with E-state index in [2.05, 4.69) is 31.8 Å². The highest BCUT2D eigenvalue weighted by Crippen LogP contribution is 2.38. The molecule has 2 N–H and O–H groups in total. The van der Waals surface area contributed by atoms with Gasteiger partial charge in [0.05, 0.1) is 33.1 Å². The Balaban J connectivity index is 1.42. The maximum Gasteiger partial charge on any atom is 0.343 e. The van der Waals surface area contributed by atoms with E-state index >= 15 is 0 Å². The number of esters is 1. The molecule has 0 saturated heterocycles. The number of carbonyl (C=O) groups excluding carboxylic acids is 3. The molecule has 43 heavy (non-hydrogen) atoms. The molecule has 2 amide bonds. The van der Waals surface area contributed by atoms with E-state index < -0.39 is 11.9 Å². The maximum atomic E-state index is 13.0. The quantitative estimate of drug-likeness (QED) is 0.0873. The van der Waals surface area contributed by atoms with Gasteiger partial charge in [-0.05, 0) is 78.9 Å². The fourth-order valence-electron chi connectivity index (χ4n) is 3.81. The normalized spacial score (nSPS) is 10.6. The lowest BCUT2D eigenvalue weighted by Crippen LogP contribution is -2.18. The number of benzene rings is 4. The standard InChI is InChI=1S/C31H25BrClN3O7/c1-40-26-15-20(16-27(41-2)28(26)42-3)31(39)43-25-13-8-22(32)14-21(25)17-34-36-30(38)19-6-11-24(12-7-19)35-29(37)18-4-9-23(33)10-5-18/h4-17H,1-3H3,(H,35,37)(H,36,38)/b34-17-. The minimum absolute atomic E-state index is 0.168. The number of carbonyl (C=O) groups is 3. The van der Waals surface area contributed by atoms with E-state index in [0.29, 0.717) is 49.1 Å². The van der Waals surface area contributed by atoms with Crippen LogP contribution in [-0.2, 0) is 0 Å². The van der Waals surface area contributed by atoms with Crippen molar-refractivity contribution in [2.45, 2.75) is 0 Å². The van der Waals surface area contributed by atoms with Crippen LogP contribution in [0.3, 0.4) is 0 Å². The third-order valence-electron chi connectivity index (χ3n) is 5.96. The molecule has 10 nitrogen and oxygen atoms in total. The molecule has 4 aromatic rings. The number of halogens is 2. The van der Waals surface area contributed by atoms with Crippen molar-refractivity contribution in [3.63, 3.8) is 0 Å². The van der Waals surface area contributed by atoms with Gasteiger partial charge in [0.25, 0.3) is 11.8 Å². The topological polar surface area (TPSA) is 125 Å². The Labute approximate surface area is 260 Å². The summed E-state index contributed by atoms with van der Waals surface area (Å²) in [5, 5.41) is 7.31.